The molecule has 0 saturated carbocycles. The highest BCUT2D eigenvalue weighted by Gasteiger charge is 2.06. The van der Waals surface area contributed by atoms with Crippen molar-refractivity contribution in [3.8, 4) is 5.75 Å². The summed E-state index contributed by atoms with van der Waals surface area (Å²) in [5, 5.41) is 0. The topological polar surface area (TPSA) is 35.2 Å². The predicted octanol–water partition coefficient (Wildman–Crippen LogP) is 4.11. The molecule has 4 heteroatoms. The van der Waals surface area contributed by atoms with E-state index in [1.807, 2.05) is 18.2 Å². The van der Waals surface area contributed by atoms with Crippen LogP contribution < -0.4 is 10.5 Å². The van der Waals surface area contributed by atoms with Crippen molar-refractivity contribution in [1.29, 1.82) is 0 Å². The quantitative estimate of drug-likeness (QED) is 0.891. The van der Waals surface area contributed by atoms with Crippen molar-refractivity contribution in [3.05, 3.63) is 52.5 Å². The Hall–Kier alpha value is -0.970. The molecule has 0 aliphatic heterocycles. The first-order valence-corrected chi connectivity index (χ1v) is 7.64. The Morgan fingerprint density at radius 1 is 1.21 bits per heavy atom. The summed E-state index contributed by atoms with van der Waals surface area (Å²) in [6.45, 7) is 0.660. The minimum absolute atomic E-state index is 0.660. The summed E-state index contributed by atoms with van der Waals surface area (Å²) in [5.41, 5.74) is 6.94. The minimum atomic E-state index is 0.660. The van der Waals surface area contributed by atoms with E-state index in [0.29, 0.717) is 6.54 Å². The Bertz CT molecular complexity index is 560. The van der Waals surface area contributed by atoms with Crippen molar-refractivity contribution in [2.45, 2.75) is 16.2 Å². The number of benzene rings is 2. The van der Waals surface area contributed by atoms with E-state index in [1.54, 1.807) is 18.9 Å². The van der Waals surface area contributed by atoms with Crippen LogP contribution in [0.2, 0.25) is 0 Å². The van der Waals surface area contributed by atoms with Crippen molar-refractivity contribution < 1.29 is 4.74 Å². The zero-order valence-electron chi connectivity index (χ0n) is 10.7. The molecule has 100 valence electrons. The number of ether oxygens (including phenoxy) is 1. The van der Waals surface area contributed by atoms with Gasteiger partial charge in [-0.2, -0.15) is 0 Å². The van der Waals surface area contributed by atoms with Crippen LogP contribution in [-0.4, -0.2) is 13.7 Å². The van der Waals surface area contributed by atoms with Crippen LogP contribution in [0.1, 0.15) is 5.56 Å². The van der Waals surface area contributed by atoms with E-state index in [2.05, 4.69) is 40.2 Å². The van der Waals surface area contributed by atoms with Crippen LogP contribution >= 0.6 is 27.7 Å². The van der Waals surface area contributed by atoms with Gasteiger partial charge in [0.2, 0.25) is 0 Å². The lowest BCUT2D eigenvalue weighted by Gasteiger charge is -2.10. The molecule has 0 radical (unpaired) electrons. The lowest BCUT2D eigenvalue weighted by atomic mass is 10.1. The van der Waals surface area contributed by atoms with Crippen molar-refractivity contribution in [2.24, 2.45) is 5.73 Å². The first-order valence-electron chi connectivity index (χ1n) is 6.03. The highest BCUT2D eigenvalue weighted by atomic mass is 79.9. The lowest BCUT2D eigenvalue weighted by Crippen LogP contribution is -2.03. The first-order chi connectivity index (χ1) is 9.22. The molecule has 2 aromatic carbocycles. The molecule has 0 fully saturated rings. The minimum Gasteiger partial charge on any atom is -0.497 e. The van der Waals surface area contributed by atoms with Crippen LogP contribution in [0.15, 0.2) is 56.7 Å². The van der Waals surface area contributed by atoms with E-state index < -0.39 is 0 Å². The van der Waals surface area contributed by atoms with Gasteiger partial charge < -0.3 is 10.5 Å². The second-order valence-electron chi connectivity index (χ2n) is 4.07. The fraction of sp³-hybridized carbons (Fsp3) is 0.200. The number of rotatable bonds is 5. The Morgan fingerprint density at radius 3 is 2.79 bits per heavy atom. The van der Waals surface area contributed by atoms with Crippen LogP contribution in [0, 0.1) is 0 Å². The molecule has 0 saturated heterocycles. The molecule has 0 spiro atoms. The highest BCUT2D eigenvalue weighted by molar-refractivity contribution is 9.10. The SMILES string of the molecule is COc1cccc(Sc2cc(Br)ccc2CCN)c1. The fourth-order valence-electron chi connectivity index (χ4n) is 1.78. The van der Waals surface area contributed by atoms with E-state index in [-0.39, 0.29) is 0 Å². The molecule has 0 heterocycles. The molecule has 0 amide bonds. The first kappa shape index (κ1) is 14.4. The van der Waals surface area contributed by atoms with Gasteiger partial charge in [0, 0.05) is 14.3 Å². The van der Waals surface area contributed by atoms with Gasteiger partial charge in [0.05, 0.1) is 7.11 Å². The lowest BCUT2D eigenvalue weighted by molar-refractivity contribution is 0.413. The van der Waals surface area contributed by atoms with Crippen LogP contribution in [0.4, 0.5) is 0 Å². The molecule has 0 aliphatic rings. The van der Waals surface area contributed by atoms with Gasteiger partial charge in [-0.15, -0.1) is 0 Å². The average Bonchev–Trinajstić information content (AvgIpc) is 2.42. The average molecular weight is 338 g/mol. The third-order valence-corrected chi connectivity index (χ3v) is 4.29. The number of halogens is 1. The standard InChI is InChI=1S/C15H16BrNOS/c1-18-13-3-2-4-14(10-13)19-15-9-12(16)6-5-11(15)7-8-17/h2-6,9-10H,7-8,17H2,1H3. The Morgan fingerprint density at radius 2 is 2.05 bits per heavy atom. The maximum absolute atomic E-state index is 5.67. The molecule has 0 atom stereocenters. The van der Waals surface area contributed by atoms with Crippen molar-refractivity contribution in [1.82, 2.24) is 0 Å². The second kappa shape index (κ2) is 6.98. The third-order valence-electron chi connectivity index (χ3n) is 2.71. The smallest absolute Gasteiger partial charge is 0.119 e. The van der Waals surface area contributed by atoms with E-state index in [1.165, 1.54) is 10.5 Å². The molecule has 19 heavy (non-hydrogen) atoms. The maximum atomic E-state index is 5.67. The van der Waals surface area contributed by atoms with E-state index in [9.17, 15) is 0 Å². The Kier molecular flexibility index (Phi) is 5.31. The molecule has 2 N–H and O–H groups in total. The van der Waals surface area contributed by atoms with Gasteiger partial charge >= 0.3 is 0 Å². The summed E-state index contributed by atoms with van der Waals surface area (Å²) < 4.78 is 6.33. The number of nitrogens with two attached hydrogens (primary N) is 1. The zero-order valence-corrected chi connectivity index (χ0v) is 13.1. The van der Waals surface area contributed by atoms with Gasteiger partial charge in [0.15, 0.2) is 0 Å². The van der Waals surface area contributed by atoms with Gasteiger partial charge in [-0.05, 0) is 48.9 Å². The molecule has 2 nitrogen and oxygen atoms in total. The summed E-state index contributed by atoms with van der Waals surface area (Å²) in [6, 6.07) is 14.4. The summed E-state index contributed by atoms with van der Waals surface area (Å²) in [7, 11) is 1.68. The van der Waals surface area contributed by atoms with Gasteiger partial charge in [0.1, 0.15) is 5.75 Å². The van der Waals surface area contributed by atoms with Crippen LogP contribution in [0.25, 0.3) is 0 Å². The molecule has 0 bridgehead atoms. The van der Waals surface area contributed by atoms with E-state index in [0.717, 1.165) is 21.5 Å². The van der Waals surface area contributed by atoms with E-state index >= 15 is 0 Å². The largest absolute Gasteiger partial charge is 0.497 e. The molecule has 0 aliphatic carbocycles. The third kappa shape index (κ3) is 4.00. The van der Waals surface area contributed by atoms with Gasteiger partial charge in [-0.25, -0.2) is 0 Å². The van der Waals surface area contributed by atoms with Gasteiger partial charge in [-0.3, -0.25) is 0 Å². The fourth-order valence-corrected chi connectivity index (χ4v) is 3.35. The Labute approximate surface area is 126 Å². The number of methoxy groups -OCH3 is 1. The van der Waals surface area contributed by atoms with Crippen molar-refractivity contribution in [3.63, 3.8) is 0 Å². The van der Waals surface area contributed by atoms with Gasteiger partial charge in [0.25, 0.3) is 0 Å². The summed E-state index contributed by atoms with van der Waals surface area (Å²) in [4.78, 5) is 2.39. The summed E-state index contributed by atoms with van der Waals surface area (Å²) in [6.07, 6.45) is 0.888. The summed E-state index contributed by atoms with van der Waals surface area (Å²) >= 11 is 5.25. The maximum Gasteiger partial charge on any atom is 0.119 e. The second-order valence-corrected chi connectivity index (χ2v) is 6.10. The molecule has 2 aromatic rings. The molecule has 0 unspecified atom stereocenters. The van der Waals surface area contributed by atoms with Crippen LogP contribution in [0.3, 0.4) is 0 Å². The molecule has 2 rings (SSSR count). The van der Waals surface area contributed by atoms with Crippen molar-refractivity contribution >= 4 is 27.7 Å². The summed E-state index contributed by atoms with van der Waals surface area (Å²) in [5.74, 6) is 0.875. The predicted molar refractivity (Wildman–Crippen MR) is 84.0 cm³/mol. The van der Waals surface area contributed by atoms with Crippen molar-refractivity contribution in [2.75, 3.05) is 13.7 Å². The van der Waals surface area contributed by atoms with E-state index in [4.69, 9.17) is 10.5 Å². The molecular weight excluding hydrogens is 322 g/mol. The van der Waals surface area contributed by atoms with Crippen LogP contribution in [0.5, 0.6) is 5.75 Å². The number of hydrogen-bond acceptors (Lipinski definition) is 3. The highest BCUT2D eigenvalue weighted by Crippen LogP contribution is 2.34. The Balaban J connectivity index is 2.28. The van der Waals surface area contributed by atoms with Gasteiger partial charge in [-0.1, -0.05) is 39.8 Å². The molecule has 0 aromatic heterocycles. The molecular formula is C15H16BrNOS. The monoisotopic (exact) mass is 337 g/mol. The van der Waals surface area contributed by atoms with Crippen LogP contribution in [-0.2, 0) is 6.42 Å². The normalized spacial score (nSPS) is 10.5. The number of hydrogen-bond donors (Lipinski definition) is 1. The zero-order chi connectivity index (χ0) is 13.7.